The molecule has 3 aromatic rings. The summed E-state index contributed by atoms with van der Waals surface area (Å²) in [5, 5.41) is 18.7. The first-order chi connectivity index (χ1) is 17.9. The maximum absolute atomic E-state index is 13.3. The number of aryl methyl sites for hydroxylation is 1. The molecule has 9 nitrogen and oxygen atoms in total. The van der Waals surface area contributed by atoms with Crippen LogP contribution in [0.3, 0.4) is 0 Å². The van der Waals surface area contributed by atoms with Crippen molar-refractivity contribution in [1.29, 1.82) is 0 Å². The molecule has 2 heterocycles. The smallest absolute Gasteiger partial charge is 0.307 e. The minimum Gasteiger partial charge on any atom is -0.493 e. The van der Waals surface area contributed by atoms with Gasteiger partial charge in [0.1, 0.15) is 11.3 Å². The van der Waals surface area contributed by atoms with Crippen LogP contribution >= 0.6 is 0 Å². The summed E-state index contributed by atoms with van der Waals surface area (Å²) >= 11 is 0. The van der Waals surface area contributed by atoms with Crippen molar-refractivity contribution in [2.75, 3.05) is 19.8 Å². The van der Waals surface area contributed by atoms with Gasteiger partial charge >= 0.3 is 5.97 Å². The van der Waals surface area contributed by atoms with Crippen molar-refractivity contribution in [2.45, 2.75) is 39.2 Å². The van der Waals surface area contributed by atoms with E-state index in [0.29, 0.717) is 47.6 Å². The van der Waals surface area contributed by atoms with Gasteiger partial charge in [0.05, 0.1) is 24.5 Å². The number of aromatic nitrogens is 3. The first kappa shape index (κ1) is 25.1. The summed E-state index contributed by atoms with van der Waals surface area (Å²) in [6, 6.07) is 12.3. The lowest BCUT2D eigenvalue weighted by Gasteiger charge is -2.22. The van der Waals surface area contributed by atoms with Gasteiger partial charge in [-0.3, -0.25) is 14.4 Å². The zero-order valence-corrected chi connectivity index (χ0v) is 20.8. The normalized spacial score (nSPS) is 22.2. The molecule has 0 amide bonds. The standard InChI is InChI=1S/C28H31N3O6/c1-17-2-9-24-23(14-17)27(33)31(30-29-24)15-20-5-8-22(25(20)28(34)35)26(32)19-3-6-21(7-4-19)37-16-18-10-12-36-13-11-18/h2-4,6-7,9,14,18,20,22,25H,5,8,10-13,15-16H2,1H3,(H,34,35)/t20-,22-,25-/m0/s1. The fourth-order valence-electron chi connectivity index (χ4n) is 5.54. The Kier molecular flexibility index (Phi) is 7.32. The molecule has 9 heteroatoms. The van der Waals surface area contributed by atoms with Gasteiger partial charge in [-0.25, -0.2) is 4.68 Å². The van der Waals surface area contributed by atoms with E-state index in [1.165, 1.54) is 4.68 Å². The molecular weight excluding hydrogens is 474 g/mol. The number of carbonyl (C=O) groups excluding carboxylic acids is 1. The van der Waals surface area contributed by atoms with Crippen LogP contribution in [0.4, 0.5) is 0 Å². The van der Waals surface area contributed by atoms with Gasteiger partial charge in [-0.05, 0) is 80.8 Å². The molecule has 3 atom stereocenters. The molecule has 2 aromatic carbocycles. The van der Waals surface area contributed by atoms with Gasteiger partial charge in [-0.2, -0.15) is 0 Å². The number of benzene rings is 2. The summed E-state index contributed by atoms with van der Waals surface area (Å²) in [5.41, 5.74) is 1.60. The molecule has 1 saturated heterocycles. The van der Waals surface area contributed by atoms with E-state index in [0.717, 1.165) is 31.6 Å². The van der Waals surface area contributed by atoms with E-state index in [-0.39, 0.29) is 17.9 Å². The number of ketones is 1. The Hall–Kier alpha value is -3.59. The fourth-order valence-corrected chi connectivity index (χ4v) is 5.54. The predicted octanol–water partition coefficient (Wildman–Crippen LogP) is 3.52. The molecule has 1 aliphatic heterocycles. The predicted molar refractivity (Wildman–Crippen MR) is 136 cm³/mol. The van der Waals surface area contributed by atoms with Crippen LogP contribution in [0, 0.1) is 30.6 Å². The highest BCUT2D eigenvalue weighted by atomic mass is 16.5. The van der Waals surface area contributed by atoms with Crippen molar-refractivity contribution in [2.24, 2.45) is 23.7 Å². The summed E-state index contributed by atoms with van der Waals surface area (Å²) < 4.78 is 12.5. The average Bonchev–Trinajstić information content (AvgIpc) is 3.34. The van der Waals surface area contributed by atoms with Crippen molar-refractivity contribution in [3.8, 4) is 5.75 Å². The van der Waals surface area contributed by atoms with Crippen LogP contribution < -0.4 is 10.3 Å². The molecule has 1 N–H and O–H groups in total. The largest absolute Gasteiger partial charge is 0.493 e. The second-order valence-corrected chi connectivity index (χ2v) is 10.2. The summed E-state index contributed by atoms with van der Waals surface area (Å²) in [5.74, 6) is -2.05. The van der Waals surface area contributed by atoms with E-state index >= 15 is 0 Å². The van der Waals surface area contributed by atoms with Crippen LogP contribution in [0.5, 0.6) is 5.75 Å². The highest BCUT2D eigenvalue weighted by molar-refractivity contribution is 6.00. The number of fused-ring (bicyclic) bond motifs is 1. The van der Waals surface area contributed by atoms with Crippen LogP contribution in [0.1, 0.15) is 41.6 Å². The Bertz CT molecular complexity index is 1350. The van der Waals surface area contributed by atoms with Gasteiger partial charge in [-0.15, -0.1) is 5.10 Å². The number of Topliss-reactive ketones (excluding diaryl/α,β-unsaturated/α-hetero) is 1. The number of ether oxygens (including phenoxy) is 2. The Morgan fingerprint density at radius 2 is 1.84 bits per heavy atom. The van der Waals surface area contributed by atoms with Gasteiger partial charge < -0.3 is 14.6 Å². The Morgan fingerprint density at radius 1 is 1.08 bits per heavy atom. The minimum atomic E-state index is -1.03. The summed E-state index contributed by atoms with van der Waals surface area (Å²) in [7, 11) is 0. The summed E-state index contributed by atoms with van der Waals surface area (Å²) in [6.07, 6.45) is 2.91. The van der Waals surface area contributed by atoms with Crippen molar-refractivity contribution in [3.63, 3.8) is 0 Å². The average molecular weight is 506 g/mol. The van der Waals surface area contributed by atoms with Crippen LogP contribution in [0.2, 0.25) is 0 Å². The van der Waals surface area contributed by atoms with E-state index in [2.05, 4.69) is 10.3 Å². The zero-order valence-electron chi connectivity index (χ0n) is 20.8. The monoisotopic (exact) mass is 505 g/mol. The molecule has 194 valence electrons. The van der Waals surface area contributed by atoms with Gasteiger partial charge in [0.15, 0.2) is 5.78 Å². The molecule has 37 heavy (non-hydrogen) atoms. The van der Waals surface area contributed by atoms with Crippen molar-refractivity contribution < 1.29 is 24.2 Å². The minimum absolute atomic E-state index is 0.107. The molecule has 1 aliphatic carbocycles. The Morgan fingerprint density at radius 3 is 2.57 bits per heavy atom. The molecule has 1 saturated carbocycles. The quantitative estimate of drug-likeness (QED) is 0.462. The molecule has 0 bridgehead atoms. The molecule has 2 aliphatic rings. The SMILES string of the molecule is Cc1ccc2nnn(C[C@@H]3CC[C@H](C(=O)c4ccc(OCC5CCOCC5)cc4)[C@H]3C(=O)O)c(=O)c2c1. The fraction of sp³-hybridized carbons (Fsp3) is 0.464. The maximum Gasteiger partial charge on any atom is 0.307 e. The lowest BCUT2D eigenvalue weighted by Crippen LogP contribution is -2.34. The number of hydrogen-bond donors (Lipinski definition) is 1. The third-order valence-electron chi connectivity index (χ3n) is 7.66. The Labute approximate surface area is 214 Å². The molecule has 1 aromatic heterocycles. The number of rotatable bonds is 8. The summed E-state index contributed by atoms with van der Waals surface area (Å²) in [4.78, 5) is 38.6. The highest BCUT2D eigenvalue weighted by Crippen LogP contribution is 2.40. The van der Waals surface area contributed by atoms with Gasteiger partial charge in [0.2, 0.25) is 0 Å². The molecule has 0 radical (unpaired) electrons. The van der Waals surface area contributed by atoms with Crippen LogP contribution in [0.15, 0.2) is 47.3 Å². The number of carbonyl (C=O) groups is 2. The summed E-state index contributed by atoms with van der Waals surface area (Å²) in [6.45, 7) is 4.13. The van der Waals surface area contributed by atoms with Crippen LogP contribution in [0.25, 0.3) is 10.9 Å². The molecule has 2 fully saturated rings. The van der Waals surface area contributed by atoms with E-state index in [4.69, 9.17) is 9.47 Å². The number of aliphatic carboxylic acids is 1. The van der Waals surface area contributed by atoms with E-state index in [9.17, 15) is 19.5 Å². The van der Waals surface area contributed by atoms with Crippen molar-refractivity contribution in [3.05, 3.63) is 63.9 Å². The lowest BCUT2D eigenvalue weighted by atomic mass is 9.84. The topological polar surface area (TPSA) is 121 Å². The molecular formula is C28H31N3O6. The second-order valence-electron chi connectivity index (χ2n) is 10.2. The Balaban J connectivity index is 1.28. The lowest BCUT2D eigenvalue weighted by molar-refractivity contribution is -0.144. The first-order valence-corrected chi connectivity index (χ1v) is 12.8. The van der Waals surface area contributed by atoms with Gasteiger partial charge in [-0.1, -0.05) is 16.8 Å². The van der Waals surface area contributed by atoms with Gasteiger partial charge in [0.25, 0.3) is 5.56 Å². The third kappa shape index (κ3) is 5.41. The van der Waals surface area contributed by atoms with E-state index in [1.54, 1.807) is 36.4 Å². The van der Waals surface area contributed by atoms with Gasteiger partial charge in [0, 0.05) is 24.7 Å². The third-order valence-corrected chi connectivity index (χ3v) is 7.66. The number of nitrogens with zero attached hydrogens (tertiary/aromatic N) is 3. The maximum atomic E-state index is 13.3. The van der Waals surface area contributed by atoms with Crippen molar-refractivity contribution >= 4 is 22.7 Å². The van der Waals surface area contributed by atoms with E-state index in [1.807, 2.05) is 13.0 Å². The second kappa shape index (κ2) is 10.8. The number of hydrogen-bond acceptors (Lipinski definition) is 7. The highest BCUT2D eigenvalue weighted by Gasteiger charge is 2.45. The van der Waals surface area contributed by atoms with Crippen LogP contribution in [-0.4, -0.2) is 51.7 Å². The first-order valence-electron chi connectivity index (χ1n) is 12.8. The number of carboxylic acids is 1. The van der Waals surface area contributed by atoms with E-state index < -0.39 is 23.7 Å². The zero-order chi connectivity index (χ0) is 25.9. The van der Waals surface area contributed by atoms with Crippen LogP contribution in [-0.2, 0) is 16.1 Å². The molecule has 0 spiro atoms. The number of carboxylic acid groups (broad SMARTS) is 1. The van der Waals surface area contributed by atoms with Crippen molar-refractivity contribution in [1.82, 2.24) is 15.0 Å². The molecule has 0 unspecified atom stereocenters. The molecule has 5 rings (SSSR count).